The largest absolute Gasteiger partial charge is 0.497 e. The standard InChI is InChI=1S/C15H14BrF2NO2/c1-20-10-2-4-11(5-3-10)21-7-6-19-15-9-13(17)12(16)8-14(15)18/h2-5,8-9,19H,6-7H2,1H3. The Morgan fingerprint density at radius 2 is 1.71 bits per heavy atom. The zero-order chi connectivity index (χ0) is 15.2. The predicted molar refractivity (Wildman–Crippen MR) is 81.0 cm³/mol. The fourth-order valence-electron chi connectivity index (χ4n) is 1.68. The molecule has 0 atom stereocenters. The van der Waals surface area contributed by atoms with Crippen LogP contribution >= 0.6 is 15.9 Å². The van der Waals surface area contributed by atoms with Gasteiger partial charge >= 0.3 is 0 Å². The summed E-state index contributed by atoms with van der Waals surface area (Å²) in [5.41, 5.74) is 0.106. The van der Waals surface area contributed by atoms with Gasteiger partial charge in [0, 0.05) is 12.6 Å². The van der Waals surface area contributed by atoms with Gasteiger partial charge in [0.25, 0.3) is 0 Å². The van der Waals surface area contributed by atoms with Crippen molar-refractivity contribution in [1.82, 2.24) is 0 Å². The van der Waals surface area contributed by atoms with Gasteiger partial charge in [-0.3, -0.25) is 0 Å². The van der Waals surface area contributed by atoms with Gasteiger partial charge < -0.3 is 14.8 Å². The Balaban J connectivity index is 1.83. The summed E-state index contributed by atoms with van der Waals surface area (Å²) in [7, 11) is 1.59. The van der Waals surface area contributed by atoms with E-state index in [1.807, 2.05) is 0 Å². The van der Waals surface area contributed by atoms with Gasteiger partial charge in [0.05, 0.1) is 17.3 Å². The minimum absolute atomic E-state index is 0.0973. The number of anilines is 1. The zero-order valence-corrected chi connectivity index (χ0v) is 12.9. The Kier molecular flexibility index (Phi) is 5.38. The fourth-order valence-corrected chi connectivity index (χ4v) is 2.00. The number of nitrogens with one attached hydrogen (secondary N) is 1. The lowest BCUT2D eigenvalue weighted by Crippen LogP contribution is -2.12. The van der Waals surface area contributed by atoms with Crippen molar-refractivity contribution in [2.45, 2.75) is 0 Å². The van der Waals surface area contributed by atoms with Crippen LogP contribution in [0.2, 0.25) is 0 Å². The van der Waals surface area contributed by atoms with Gasteiger partial charge in [-0.15, -0.1) is 0 Å². The van der Waals surface area contributed by atoms with Crippen LogP contribution in [0.4, 0.5) is 14.5 Å². The Morgan fingerprint density at radius 3 is 2.38 bits per heavy atom. The zero-order valence-electron chi connectivity index (χ0n) is 11.3. The summed E-state index contributed by atoms with van der Waals surface area (Å²) < 4.78 is 37.5. The summed E-state index contributed by atoms with van der Waals surface area (Å²) in [5, 5.41) is 2.79. The predicted octanol–water partition coefficient (Wildman–Crippen LogP) is 4.23. The molecule has 0 saturated heterocycles. The highest BCUT2D eigenvalue weighted by molar-refractivity contribution is 9.10. The maximum absolute atomic E-state index is 13.6. The highest BCUT2D eigenvalue weighted by atomic mass is 79.9. The van der Waals surface area contributed by atoms with E-state index in [2.05, 4.69) is 21.2 Å². The molecule has 2 aromatic carbocycles. The van der Waals surface area contributed by atoms with E-state index in [9.17, 15) is 8.78 Å². The van der Waals surface area contributed by atoms with Gasteiger partial charge in [-0.25, -0.2) is 8.78 Å². The number of rotatable bonds is 6. The van der Waals surface area contributed by atoms with Crippen LogP contribution in [0.5, 0.6) is 11.5 Å². The highest BCUT2D eigenvalue weighted by Gasteiger charge is 2.07. The van der Waals surface area contributed by atoms with Crippen molar-refractivity contribution in [3.05, 3.63) is 52.5 Å². The van der Waals surface area contributed by atoms with Gasteiger partial charge in [0.15, 0.2) is 0 Å². The number of hydrogen-bond acceptors (Lipinski definition) is 3. The van der Waals surface area contributed by atoms with E-state index in [0.29, 0.717) is 18.9 Å². The van der Waals surface area contributed by atoms with E-state index in [-0.39, 0.29) is 10.2 Å². The molecule has 0 aromatic heterocycles. The molecule has 0 bridgehead atoms. The van der Waals surface area contributed by atoms with E-state index in [1.54, 1.807) is 31.4 Å². The normalized spacial score (nSPS) is 10.3. The van der Waals surface area contributed by atoms with Gasteiger partial charge in [0.2, 0.25) is 0 Å². The molecule has 0 aliphatic carbocycles. The van der Waals surface area contributed by atoms with Gasteiger partial charge in [0.1, 0.15) is 29.7 Å². The molecular weight excluding hydrogens is 344 g/mol. The molecule has 112 valence electrons. The minimum atomic E-state index is -0.521. The van der Waals surface area contributed by atoms with E-state index in [0.717, 1.165) is 17.9 Å². The number of methoxy groups -OCH3 is 1. The molecule has 2 aromatic rings. The highest BCUT2D eigenvalue weighted by Crippen LogP contribution is 2.23. The minimum Gasteiger partial charge on any atom is -0.497 e. The lowest BCUT2D eigenvalue weighted by molar-refractivity contribution is 0.331. The summed E-state index contributed by atoms with van der Waals surface area (Å²) in [4.78, 5) is 0. The molecule has 0 spiro atoms. The molecule has 21 heavy (non-hydrogen) atoms. The first-order chi connectivity index (χ1) is 10.1. The van der Waals surface area contributed by atoms with Crippen LogP contribution in [0.3, 0.4) is 0 Å². The maximum atomic E-state index is 13.6. The molecule has 0 aliphatic heterocycles. The number of ether oxygens (including phenoxy) is 2. The molecule has 3 nitrogen and oxygen atoms in total. The van der Waals surface area contributed by atoms with Crippen LogP contribution in [-0.2, 0) is 0 Å². The molecule has 0 amide bonds. The third-order valence-electron chi connectivity index (χ3n) is 2.76. The summed E-state index contributed by atoms with van der Waals surface area (Å²) in [6.07, 6.45) is 0. The lowest BCUT2D eigenvalue weighted by Gasteiger charge is -2.10. The van der Waals surface area contributed by atoms with Crippen molar-refractivity contribution >= 4 is 21.6 Å². The van der Waals surface area contributed by atoms with Crippen LogP contribution in [0.15, 0.2) is 40.9 Å². The molecule has 0 heterocycles. The van der Waals surface area contributed by atoms with Crippen LogP contribution in [-0.4, -0.2) is 20.3 Å². The molecule has 0 aliphatic rings. The molecule has 0 radical (unpaired) electrons. The van der Waals surface area contributed by atoms with Gasteiger partial charge in [-0.1, -0.05) is 0 Å². The summed E-state index contributed by atoms with van der Waals surface area (Å²) in [5.74, 6) is 0.385. The molecule has 0 saturated carbocycles. The third-order valence-corrected chi connectivity index (χ3v) is 3.36. The van der Waals surface area contributed by atoms with Crippen LogP contribution in [0.1, 0.15) is 0 Å². The maximum Gasteiger partial charge on any atom is 0.147 e. The number of benzene rings is 2. The summed E-state index contributed by atoms with van der Waals surface area (Å²) in [6, 6.07) is 9.31. The second kappa shape index (κ2) is 7.26. The monoisotopic (exact) mass is 357 g/mol. The van der Waals surface area contributed by atoms with Crippen LogP contribution in [0, 0.1) is 11.6 Å². The molecule has 1 N–H and O–H groups in total. The second-order valence-electron chi connectivity index (χ2n) is 4.20. The fraction of sp³-hybridized carbons (Fsp3) is 0.200. The SMILES string of the molecule is COc1ccc(OCCNc2cc(F)c(Br)cc2F)cc1. The van der Waals surface area contributed by atoms with Gasteiger partial charge in [-0.2, -0.15) is 0 Å². The first-order valence-corrected chi connectivity index (χ1v) is 7.04. The first-order valence-electron chi connectivity index (χ1n) is 6.25. The Labute approximate surface area is 130 Å². The number of hydrogen-bond donors (Lipinski definition) is 1. The Hall–Kier alpha value is -1.82. The third kappa shape index (κ3) is 4.32. The van der Waals surface area contributed by atoms with E-state index >= 15 is 0 Å². The number of halogens is 3. The molecule has 0 fully saturated rings. The summed E-state index contributed by atoms with van der Waals surface area (Å²) >= 11 is 2.93. The van der Waals surface area contributed by atoms with Crippen molar-refractivity contribution in [2.24, 2.45) is 0 Å². The Morgan fingerprint density at radius 1 is 1.05 bits per heavy atom. The quantitative estimate of drug-likeness (QED) is 0.619. The van der Waals surface area contributed by atoms with Crippen molar-refractivity contribution in [2.75, 3.05) is 25.6 Å². The topological polar surface area (TPSA) is 30.5 Å². The molecule has 0 unspecified atom stereocenters. The van der Waals surface area contributed by atoms with Gasteiger partial charge in [-0.05, 0) is 46.3 Å². The van der Waals surface area contributed by atoms with E-state index < -0.39 is 11.6 Å². The average Bonchev–Trinajstić information content (AvgIpc) is 2.49. The van der Waals surface area contributed by atoms with Crippen molar-refractivity contribution in [3.63, 3.8) is 0 Å². The smallest absolute Gasteiger partial charge is 0.147 e. The lowest BCUT2D eigenvalue weighted by atomic mass is 10.3. The average molecular weight is 358 g/mol. The molecule has 6 heteroatoms. The first kappa shape index (κ1) is 15.6. The van der Waals surface area contributed by atoms with E-state index in [4.69, 9.17) is 9.47 Å². The second-order valence-corrected chi connectivity index (χ2v) is 5.05. The Bertz CT molecular complexity index is 605. The molecular formula is C15H14BrF2NO2. The van der Waals surface area contributed by atoms with Crippen LogP contribution < -0.4 is 14.8 Å². The van der Waals surface area contributed by atoms with Crippen molar-refractivity contribution < 1.29 is 18.3 Å². The van der Waals surface area contributed by atoms with Crippen molar-refractivity contribution in [1.29, 1.82) is 0 Å². The van der Waals surface area contributed by atoms with Crippen LogP contribution in [0.25, 0.3) is 0 Å². The molecule has 2 rings (SSSR count). The van der Waals surface area contributed by atoms with Crippen molar-refractivity contribution in [3.8, 4) is 11.5 Å². The summed E-state index contributed by atoms with van der Waals surface area (Å²) in [6.45, 7) is 0.674. The van der Waals surface area contributed by atoms with E-state index in [1.165, 1.54) is 0 Å².